The van der Waals surface area contributed by atoms with Crippen LogP contribution >= 0.6 is 0 Å². The van der Waals surface area contributed by atoms with E-state index in [1.807, 2.05) is 30.3 Å². The largest absolute Gasteiger partial charge is 0.508 e. The second-order valence-electron chi connectivity index (χ2n) is 2.48. The van der Waals surface area contributed by atoms with Gasteiger partial charge in [0.25, 0.3) is 0 Å². The number of methoxy groups -OCH3 is 1. The van der Waals surface area contributed by atoms with Crippen LogP contribution in [0.4, 0.5) is 4.79 Å². The number of hydrogen-bond acceptors (Lipinski definition) is 3. The van der Waals surface area contributed by atoms with E-state index in [1.54, 1.807) is 6.08 Å². The lowest BCUT2D eigenvalue weighted by molar-refractivity contribution is 0.0819. The summed E-state index contributed by atoms with van der Waals surface area (Å²) in [4.78, 5) is 10.6. The molecule has 0 saturated carbocycles. The van der Waals surface area contributed by atoms with Crippen molar-refractivity contribution in [2.45, 2.75) is 0 Å². The third-order valence-electron chi connectivity index (χ3n) is 1.50. The molecule has 1 rings (SSSR count). The summed E-state index contributed by atoms with van der Waals surface area (Å²) in [5, 5.41) is 0. The Kier molecular flexibility index (Phi) is 3.65. The van der Waals surface area contributed by atoms with E-state index in [9.17, 15) is 4.79 Å². The SMILES string of the molecule is [2H][C@@H](/C=C/c1ccccc1)OC(=O)OC. The fourth-order valence-electron chi connectivity index (χ4n) is 0.857. The fraction of sp³-hybridized carbons (Fsp3) is 0.182. The standard InChI is InChI=1S/C11H12O3/c1-13-11(12)14-9-5-8-10-6-3-2-4-7-10/h2-8H,9H2,1H3/b8-5+/i9D/t9-/m0/s1. The van der Waals surface area contributed by atoms with Gasteiger partial charge in [-0.15, -0.1) is 0 Å². The van der Waals surface area contributed by atoms with Gasteiger partial charge in [-0.05, 0) is 11.6 Å². The molecule has 0 unspecified atom stereocenters. The topological polar surface area (TPSA) is 35.5 Å². The Morgan fingerprint density at radius 1 is 1.50 bits per heavy atom. The molecule has 14 heavy (non-hydrogen) atoms. The van der Waals surface area contributed by atoms with Crippen LogP contribution in [0.15, 0.2) is 36.4 Å². The lowest BCUT2D eigenvalue weighted by atomic mass is 10.2. The van der Waals surface area contributed by atoms with Crippen LogP contribution in [0.2, 0.25) is 0 Å². The summed E-state index contributed by atoms with van der Waals surface area (Å²) in [5.74, 6) is 0. The number of carbonyl (C=O) groups is 1. The van der Waals surface area contributed by atoms with Crippen LogP contribution in [0.25, 0.3) is 6.08 Å². The number of carbonyl (C=O) groups excluding carboxylic acids is 1. The highest BCUT2D eigenvalue weighted by molar-refractivity contribution is 5.60. The summed E-state index contributed by atoms with van der Waals surface area (Å²) in [6.45, 7) is -1.04. The first-order valence-corrected chi connectivity index (χ1v) is 4.12. The van der Waals surface area contributed by atoms with Gasteiger partial charge in [-0.3, -0.25) is 0 Å². The quantitative estimate of drug-likeness (QED) is 0.692. The zero-order valence-corrected chi connectivity index (χ0v) is 7.84. The summed E-state index contributed by atoms with van der Waals surface area (Å²) in [6, 6.07) is 9.46. The molecule has 1 atom stereocenters. The molecule has 0 spiro atoms. The third-order valence-corrected chi connectivity index (χ3v) is 1.50. The van der Waals surface area contributed by atoms with Gasteiger partial charge in [0.05, 0.1) is 8.48 Å². The molecular formula is C11H12O3. The molecule has 0 bridgehead atoms. The maximum Gasteiger partial charge on any atom is 0.508 e. The lowest BCUT2D eigenvalue weighted by Crippen LogP contribution is -2.03. The highest BCUT2D eigenvalue weighted by Crippen LogP contribution is 2.00. The summed E-state index contributed by atoms with van der Waals surface area (Å²) >= 11 is 0. The van der Waals surface area contributed by atoms with Gasteiger partial charge in [0, 0.05) is 0 Å². The minimum Gasteiger partial charge on any atom is -0.438 e. The van der Waals surface area contributed by atoms with Crippen LogP contribution in [0.1, 0.15) is 6.93 Å². The molecule has 0 N–H and O–H groups in total. The Balaban J connectivity index is 2.47. The van der Waals surface area contributed by atoms with E-state index in [2.05, 4.69) is 9.47 Å². The molecule has 0 heterocycles. The zero-order valence-electron chi connectivity index (χ0n) is 8.84. The van der Waals surface area contributed by atoms with Crippen molar-refractivity contribution in [3.05, 3.63) is 42.0 Å². The highest BCUT2D eigenvalue weighted by atomic mass is 16.7. The first-order chi connectivity index (χ1) is 7.22. The first kappa shape index (κ1) is 8.81. The Morgan fingerprint density at radius 3 is 2.86 bits per heavy atom. The molecule has 0 saturated heterocycles. The van der Waals surface area contributed by atoms with Crippen molar-refractivity contribution in [2.75, 3.05) is 13.7 Å². The normalized spacial score (nSPS) is 13.4. The molecule has 1 aromatic carbocycles. The second-order valence-corrected chi connectivity index (χ2v) is 2.48. The molecule has 1 aromatic rings. The van der Waals surface area contributed by atoms with E-state index in [0.717, 1.165) is 5.56 Å². The van der Waals surface area contributed by atoms with E-state index >= 15 is 0 Å². The molecule has 0 fully saturated rings. The number of benzene rings is 1. The predicted octanol–water partition coefficient (Wildman–Crippen LogP) is 2.48. The van der Waals surface area contributed by atoms with E-state index in [1.165, 1.54) is 13.2 Å². The molecular weight excluding hydrogens is 180 g/mol. The van der Waals surface area contributed by atoms with Gasteiger partial charge < -0.3 is 9.47 Å². The van der Waals surface area contributed by atoms with Crippen molar-refractivity contribution >= 4 is 12.2 Å². The first-order valence-electron chi connectivity index (χ1n) is 4.70. The second kappa shape index (κ2) is 5.80. The summed E-state index contributed by atoms with van der Waals surface area (Å²) in [6.07, 6.45) is 2.32. The molecule has 0 aliphatic rings. The molecule has 3 nitrogen and oxygen atoms in total. The van der Waals surface area contributed by atoms with E-state index in [0.29, 0.717) is 0 Å². The Bertz CT molecular complexity index is 335. The van der Waals surface area contributed by atoms with Crippen LogP contribution in [-0.2, 0) is 9.47 Å². The van der Waals surface area contributed by atoms with E-state index in [-0.39, 0.29) is 0 Å². The molecule has 0 aromatic heterocycles. The number of hydrogen-bond donors (Lipinski definition) is 0. The lowest BCUT2D eigenvalue weighted by Gasteiger charge is -1.97. The average molecular weight is 193 g/mol. The van der Waals surface area contributed by atoms with Crippen molar-refractivity contribution in [2.24, 2.45) is 0 Å². The third kappa shape index (κ3) is 3.76. The maximum absolute atomic E-state index is 10.6. The van der Waals surface area contributed by atoms with E-state index in [4.69, 9.17) is 1.37 Å². The van der Waals surface area contributed by atoms with Crippen LogP contribution in [-0.4, -0.2) is 19.8 Å². The highest BCUT2D eigenvalue weighted by Gasteiger charge is 1.95. The van der Waals surface area contributed by atoms with Crippen molar-refractivity contribution in [1.82, 2.24) is 0 Å². The van der Waals surface area contributed by atoms with Gasteiger partial charge in [0.1, 0.15) is 6.58 Å². The Morgan fingerprint density at radius 2 is 2.21 bits per heavy atom. The monoisotopic (exact) mass is 193 g/mol. The fourth-order valence-corrected chi connectivity index (χ4v) is 0.857. The van der Waals surface area contributed by atoms with Gasteiger partial charge in [0.15, 0.2) is 0 Å². The van der Waals surface area contributed by atoms with Gasteiger partial charge in [0.2, 0.25) is 0 Å². The Labute approximate surface area is 84.4 Å². The molecule has 0 aliphatic carbocycles. The molecule has 0 amide bonds. The number of rotatable bonds is 3. The van der Waals surface area contributed by atoms with Crippen LogP contribution in [0.5, 0.6) is 0 Å². The average Bonchev–Trinajstić information content (AvgIpc) is 2.27. The van der Waals surface area contributed by atoms with Crippen LogP contribution in [0, 0.1) is 0 Å². The minimum atomic E-state index is -1.04. The molecule has 0 radical (unpaired) electrons. The van der Waals surface area contributed by atoms with Gasteiger partial charge >= 0.3 is 6.16 Å². The zero-order chi connectivity index (χ0) is 11.1. The molecule has 3 heteroatoms. The van der Waals surface area contributed by atoms with Crippen molar-refractivity contribution in [1.29, 1.82) is 0 Å². The molecule has 74 valence electrons. The summed E-state index contributed by atoms with van der Waals surface area (Å²) < 4.78 is 16.1. The minimum absolute atomic E-state index is 0.854. The molecule has 0 aliphatic heterocycles. The van der Waals surface area contributed by atoms with Gasteiger partial charge in [-0.1, -0.05) is 36.4 Å². The van der Waals surface area contributed by atoms with Gasteiger partial charge in [-0.25, -0.2) is 4.79 Å². The summed E-state index contributed by atoms with van der Waals surface area (Å²) in [7, 11) is 1.20. The van der Waals surface area contributed by atoms with Crippen molar-refractivity contribution < 1.29 is 15.6 Å². The van der Waals surface area contributed by atoms with E-state index < -0.39 is 12.7 Å². The van der Waals surface area contributed by atoms with Crippen molar-refractivity contribution in [3.8, 4) is 0 Å². The van der Waals surface area contributed by atoms with Crippen LogP contribution < -0.4 is 0 Å². The number of ether oxygens (including phenoxy) is 2. The predicted molar refractivity (Wildman–Crippen MR) is 53.8 cm³/mol. The van der Waals surface area contributed by atoms with Gasteiger partial charge in [-0.2, -0.15) is 0 Å². The smallest absolute Gasteiger partial charge is 0.438 e. The summed E-state index contributed by atoms with van der Waals surface area (Å²) in [5.41, 5.74) is 0.947. The van der Waals surface area contributed by atoms with Crippen molar-refractivity contribution in [3.63, 3.8) is 0 Å². The Hall–Kier alpha value is -1.77. The van der Waals surface area contributed by atoms with Crippen LogP contribution in [0.3, 0.4) is 0 Å². The maximum atomic E-state index is 10.6.